The Labute approximate surface area is 76.3 Å². The van der Waals surface area contributed by atoms with Crippen LogP contribution in [0.5, 0.6) is 0 Å². The largest absolute Gasteiger partial charge is 0.397 e. The first-order valence-corrected chi connectivity index (χ1v) is 4.10. The van der Waals surface area contributed by atoms with Crippen molar-refractivity contribution in [3.05, 3.63) is 16.1 Å². The van der Waals surface area contributed by atoms with Crippen LogP contribution in [0.2, 0.25) is 0 Å². The van der Waals surface area contributed by atoms with Gasteiger partial charge in [-0.05, 0) is 22.6 Å². The van der Waals surface area contributed by atoms with Gasteiger partial charge in [0.15, 0.2) is 0 Å². The second kappa shape index (κ2) is 2.33. The van der Waals surface area contributed by atoms with Gasteiger partial charge in [-0.3, -0.25) is 10.1 Å². The van der Waals surface area contributed by atoms with E-state index in [1.807, 2.05) is 0 Å². The Morgan fingerprint density at radius 1 is 1.45 bits per heavy atom. The van der Waals surface area contributed by atoms with Crippen molar-refractivity contribution in [1.82, 2.24) is 15.2 Å². The topological polar surface area (TPSA) is 67.6 Å². The Bertz CT molecular complexity index is 394. The lowest BCUT2D eigenvalue weighted by atomic mass is 10.3. The number of aromatic amines is 1. The third-order valence-corrected chi connectivity index (χ3v) is 2.23. The van der Waals surface area contributed by atoms with Crippen LogP contribution in [0.1, 0.15) is 0 Å². The maximum Gasteiger partial charge on any atom is 0.114 e. The molecule has 0 aromatic carbocycles. The summed E-state index contributed by atoms with van der Waals surface area (Å²) >= 11 is 2.15. The summed E-state index contributed by atoms with van der Waals surface area (Å²) in [6, 6.07) is 0. The summed E-state index contributed by atoms with van der Waals surface area (Å²) in [6.07, 6.45) is 3.31. The Hall–Kier alpha value is -0.850. The molecule has 0 atom stereocenters. The average molecular weight is 260 g/mol. The smallest absolute Gasteiger partial charge is 0.114 e. The Kier molecular flexibility index (Phi) is 1.45. The number of nitrogens with zero attached hydrogens (tertiary/aromatic N) is 2. The Morgan fingerprint density at radius 3 is 3.00 bits per heavy atom. The molecule has 0 aliphatic rings. The quantitative estimate of drug-likeness (QED) is 0.698. The molecule has 0 radical (unpaired) electrons. The van der Waals surface area contributed by atoms with Crippen molar-refractivity contribution in [3.63, 3.8) is 0 Å². The SMILES string of the molecule is Nc1cncc2n[nH]c(I)c12. The molecule has 0 spiro atoms. The van der Waals surface area contributed by atoms with Gasteiger partial charge in [0.05, 0.1) is 23.5 Å². The molecule has 0 unspecified atom stereocenters. The molecule has 2 aromatic rings. The third kappa shape index (κ3) is 0.953. The predicted octanol–water partition coefficient (Wildman–Crippen LogP) is 1.14. The summed E-state index contributed by atoms with van der Waals surface area (Å²) in [4.78, 5) is 3.91. The molecule has 0 fully saturated rings. The second-order valence-electron chi connectivity index (χ2n) is 2.16. The highest BCUT2D eigenvalue weighted by Gasteiger charge is 2.04. The lowest BCUT2D eigenvalue weighted by Crippen LogP contribution is -1.87. The molecule has 2 rings (SSSR count). The van der Waals surface area contributed by atoms with Crippen LogP contribution in [0.15, 0.2) is 12.4 Å². The number of aromatic nitrogens is 3. The summed E-state index contributed by atoms with van der Waals surface area (Å²) in [7, 11) is 0. The molecule has 2 aromatic heterocycles. The van der Waals surface area contributed by atoms with Crippen molar-refractivity contribution in [3.8, 4) is 0 Å². The van der Waals surface area contributed by atoms with E-state index in [0.717, 1.165) is 14.6 Å². The monoisotopic (exact) mass is 260 g/mol. The van der Waals surface area contributed by atoms with E-state index in [-0.39, 0.29) is 0 Å². The fraction of sp³-hybridized carbons (Fsp3) is 0. The zero-order chi connectivity index (χ0) is 7.84. The zero-order valence-electron chi connectivity index (χ0n) is 5.50. The second-order valence-corrected chi connectivity index (χ2v) is 3.24. The van der Waals surface area contributed by atoms with Gasteiger partial charge < -0.3 is 5.73 Å². The molecule has 0 aliphatic carbocycles. The molecule has 0 amide bonds. The number of rotatable bonds is 0. The third-order valence-electron chi connectivity index (χ3n) is 1.45. The molecule has 5 heteroatoms. The molecule has 3 N–H and O–H groups in total. The van der Waals surface area contributed by atoms with Gasteiger partial charge in [0.25, 0.3) is 0 Å². The zero-order valence-corrected chi connectivity index (χ0v) is 7.66. The van der Waals surface area contributed by atoms with Crippen LogP contribution in [0.4, 0.5) is 5.69 Å². The molecule has 2 heterocycles. The molecule has 56 valence electrons. The molecule has 4 nitrogen and oxygen atoms in total. The first kappa shape index (κ1) is 6.84. The highest BCUT2D eigenvalue weighted by atomic mass is 127. The molecular formula is C6H5IN4. The number of H-pyrrole nitrogens is 1. The summed E-state index contributed by atoms with van der Waals surface area (Å²) in [5, 5.41) is 7.80. The van der Waals surface area contributed by atoms with Gasteiger partial charge in [-0.2, -0.15) is 5.10 Å². The predicted molar refractivity (Wildman–Crippen MR) is 51.0 cm³/mol. The van der Waals surface area contributed by atoms with E-state index in [1.54, 1.807) is 12.4 Å². The van der Waals surface area contributed by atoms with Gasteiger partial charge in [-0.15, -0.1) is 0 Å². The van der Waals surface area contributed by atoms with Gasteiger partial charge in [-0.1, -0.05) is 0 Å². The minimum absolute atomic E-state index is 0.667. The lowest BCUT2D eigenvalue weighted by molar-refractivity contribution is 1.09. The van der Waals surface area contributed by atoms with Gasteiger partial charge in [-0.25, -0.2) is 0 Å². The average Bonchev–Trinajstić information content (AvgIpc) is 2.34. The number of hydrogen-bond donors (Lipinski definition) is 2. The van der Waals surface area contributed by atoms with Gasteiger partial charge in [0, 0.05) is 0 Å². The molecular weight excluding hydrogens is 255 g/mol. The highest BCUT2D eigenvalue weighted by molar-refractivity contribution is 14.1. The maximum absolute atomic E-state index is 5.67. The van der Waals surface area contributed by atoms with Crippen LogP contribution in [0.25, 0.3) is 10.9 Å². The van der Waals surface area contributed by atoms with Crippen LogP contribution in [-0.4, -0.2) is 15.2 Å². The maximum atomic E-state index is 5.67. The minimum atomic E-state index is 0.667. The number of anilines is 1. The molecule has 0 bridgehead atoms. The molecule has 11 heavy (non-hydrogen) atoms. The summed E-state index contributed by atoms with van der Waals surface area (Å²) < 4.78 is 0.956. The summed E-state index contributed by atoms with van der Waals surface area (Å²) in [6.45, 7) is 0. The number of halogens is 1. The number of nitrogens with one attached hydrogen (secondary N) is 1. The standard InChI is InChI=1S/C6H5IN4/c7-6-5-3(8)1-9-2-4(5)10-11-6/h1-2H,8H2,(H,10,11). The fourth-order valence-electron chi connectivity index (χ4n) is 0.954. The number of nitrogen functional groups attached to an aromatic ring is 1. The van der Waals surface area contributed by atoms with Gasteiger partial charge >= 0.3 is 0 Å². The van der Waals surface area contributed by atoms with Crippen LogP contribution in [-0.2, 0) is 0 Å². The first-order valence-electron chi connectivity index (χ1n) is 3.02. The van der Waals surface area contributed by atoms with Crippen molar-refractivity contribution in [1.29, 1.82) is 0 Å². The van der Waals surface area contributed by atoms with E-state index < -0.39 is 0 Å². The Morgan fingerprint density at radius 2 is 2.27 bits per heavy atom. The fourth-order valence-corrected chi connectivity index (χ4v) is 1.66. The number of pyridine rings is 1. The van der Waals surface area contributed by atoms with Crippen molar-refractivity contribution >= 4 is 39.2 Å². The molecule has 0 saturated carbocycles. The number of nitrogens with two attached hydrogens (primary N) is 1. The van der Waals surface area contributed by atoms with E-state index >= 15 is 0 Å². The lowest BCUT2D eigenvalue weighted by Gasteiger charge is -1.92. The van der Waals surface area contributed by atoms with Gasteiger partial charge in [0.1, 0.15) is 9.22 Å². The van der Waals surface area contributed by atoms with E-state index in [1.165, 1.54) is 0 Å². The van der Waals surface area contributed by atoms with Crippen LogP contribution < -0.4 is 5.73 Å². The molecule has 0 aliphatic heterocycles. The summed E-state index contributed by atoms with van der Waals surface area (Å²) in [5.41, 5.74) is 7.16. The number of hydrogen-bond acceptors (Lipinski definition) is 3. The first-order chi connectivity index (χ1) is 5.29. The van der Waals surface area contributed by atoms with Crippen molar-refractivity contribution in [2.75, 3.05) is 5.73 Å². The van der Waals surface area contributed by atoms with Crippen LogP contribution in [0, 0.1) is 3.70 Å². The van der Waals surface area contributed by atoms with Crippen molar-refractivity contribution in [2.45, 2.75) is 0 Å². The molecule has 0 saturated heterocycles. The normalized spacial score (nSPS) is 10.6. The Balaban J connectivity index is 2.96. The van der Waals surface area contributed by atoms with E-state index in [0.29, 0.717) is 5.69 Å². The highest BCUT2D eigenvalue weighted by Crippen LogP contribution is 2.21. The van der Waals surface area contributed by atoms with E-state index in [2.05, 4.69) is 37.8 Å². The van der Waals surface area contributed by atoms with Crippen molar-refractivity contribution in [2.24, 2.45) is 0 Å². The van der Waals surface area contributed by atoms with E-state index in [4.69, 9.17) is 5.73 Å². The van der Waals surface area contributed by atoms with Crippen molar-refractivity contribution < 1.29 is 0 Å². The van der Waals surface area contributed by atoms with Gasteiger partial charge in [0.2, 0.25) is 0 Å². The summed E-state index contributed by atoms with van der Waals surface area (Å²) in [5.74, 6) is 0. The minimum Gasteiger partial charge on any atom is -0.397 e. The van der Waals surface area contributed by atoms with E-state index in [9.17, 15) is 0 Å². The van der Waals surface area contributed by atoms with Crippen LogP contribution >= 0.6 is 22.6 Å². The number of fused-ring (bicyclic) bond motifs is 1. The van der Waals surface area contributed by atoms with Crippen LogP contribution in [0.3, 0.4) is 0 Å².